The SMILES string of the molecule is CCC(CCCC(CCC(C)(CC)C(=O)OCCOC(=O)CC(C)=O)N1CCCCCC1=O)N1CCCC1=O. The second-order valence-electron chi connectivity index (χ2n) is 11.4. The first-order chi connectivity index (χ1) is 18.6. The molecule has 0 aromatic rings. The molecule has 2 amide bonds. The van der Waals surface area contributed by atoms with Gasteiger partial charge in [-0.2, -0.15) is 0 Å². The molecule has 0 aromatic carbocycles. The van der Waals surface area contributed by atoms with Crippen LogP contribution in [0, 0.1) is 5.41 Å². The maximum atomic E-state index is 13.0. The van der Waals surface area contributed by atoms with E-state index >= 15 is 0 Å². The summed E-state index contributed by atoms with van der Waals surface area (Å²) in [6.45, 7) is 8.76. The normalized spacial score (nSPS) is 19.3. The number of nitrogens with zero attached hydrogens (tertiary/aromatic N) is 2. The smallest absolute Gasteiger partial charge is 0.313 e. The molecule has 0 aliphatic carbocycles. The molecular formula is C30H50N2O7. The Balaban J connectivity index is 1.97. The third kappa shape index (κ3) is 10.6. The van der Waals surface area contributed by atoms with Gasteiger partial charge in [0, 0.05) is 38.0 Å². The van der Waals surface area contributed by atoms with Gasteiger partial charge in [-0.3, -0.25) is 24.0 Å². The fraction of sp³-hybridized carbons (Fsp3) is 0.833. The number of ether oxygens (including phenoxy) is 2. The zero-order valence-corrected chi connectivity index (χ0v) is 24.6. The molecule has 0 bridgehead atoms. The van der Waals surface area contributed by atoms with E-state index in [2.05, 4.69) is 6.92 Å². The molecule has 3 atom stereocenters. The second kappa shape index (κ2) is 16.6. The molecule has 39 heavy (non-hydrogen) atoms. The van der Waals surface area contributed by atoms with E-state index in [0.29, 0.717) is 32.1 Å². The highest BCUT2D eigenvalue weighted by molar-refractivity contribution is 5.94. The molecular weight excluding hydrogens is 500 g/mol. The van der Waals surface area contributed by atoms with Gasteiger partial charge < -0.3 is 19.3 Å². The summed E-state index contributed by atoms with van der Waals surface area (Å²) in [5.41, 5.74) is -0.718. The third-order valence-corrected chi connectivity index (χ3v) is 8.42. The van der Waals surface area contributed by atoms with Crippen LogP contribution in [0.4, 0.5) is 0 Å². The minimum absolute atomic E-state index is 0.0496. The Morgan fingerprint density at radius 1 is 0.846 bits per heavy atom. The molecule has 0 radical (unpaired) electrons. The highest BCUT2D eigenvalue weighted by atomic mass is 16.6. The summed E-state index contributed by atoms with van der Waals surface area (Å²) in [5, 5.41) is 0. The Hall–Kier alpha value is -2.45. The molecule has 3 unspecified atom stereocenters. The lowest BCUT2D eigenvalue weighted by Crippen LogP contribution is -2.42. The van der Waals surface area contributed by atoms with Crippen molar-refractivity contribution in [1.29, 1.82) is 0 Å². The summed E-state index contributed by atoms with van der Waals surface area (Å²) in [5.74, 6) is -0.782. The summed E-state index contributed by atoms with van der Waals surface area (Å²) >= 11 is 0. The van der Waals surface area contributed by atoms with Crippen LogP contribution < -0.4 is 0 Å². The second-order valence-corrected chi connectivity index (χ2v) is 11.4. The first-order valence-corrected chi connectivity index (χ1v) is 15.0. The minimum Gasteiger partial charge on any atom is -0.462 e. The molecule has 2 aliphatic rings. The van der Waals surface area contributed by atoms with Crippen molar-refractivity contribution in [3.63, 3.8) is 0 Å². The molecule has 0 spiro atoms. The lowest BCUT2D eigenvalue weighted by Gasteiger charge is -2.35. The van der Waals surface area contributed by atoms with Gasteiger partial charge in [0.15, 0.2) is 0 Å². The Labute approximate surface area is 234 Å². The highest BCUT2D eigenvalue weighted by Gasteiger charge is 2.35. The van der Waals surface area contributed by atoms with Crippen LogP contribution in [0.3, 0.4) is 0 Å². The summed E-state index contributed by atoms with van der Waals surface area (Å²) in [7, 11) is 0. The molecule has 2 saturated heterocycles. The van der Waals surface area contributed by atoms with Crippen LogP contribution in [0.15, 0.2) is 0 Å². The van der Waals surface area contributed by atoms with Crippen LogP contribution in [0.1, 0.15) is 118 Å². The van der Waals surface area contributed by atoms with Crippen molar-refractivity contribution in [2.24, 2.45) is 5.41 Å². The van der Waals surface area contributed by atoms with Crippen molar-refractivity contribution in [3.05, 3.63) is 0 Å². The highest BCUT2D eigenvalue weighted by Crippen LogP contribution is 2.33. The summed E-state index contributed by atoms with van der Waals surface area (Å²) in [6.07, 6.45) is 10.4. The predicted octanol–water partition coefficient (Wildman–Crippen LogP) is 4.59. The number of amides is 2. The number of carbonyl (C=O) groups excluding carboxylic acids is 5. The molecule has 222 valence electrons. The number of ketones is 1. The van der Waals surface area contributed by atoms with Crippen molar-refractivity contribution in [3.8, 4) is 0 Å². The van der Waals surface area contributed by atoms with E-state index in [0.717, 1.165) is 64.5 Å². The number of hydrogen-bond acceptors (Lipinski definition) is 7. The van der Waals surface area contributed by atoms with Crippen molar-refractivity contribution in [1.82, 2.24) is 9.80 Å². The van der Waals surface area contributed by atoms with Crippen LogP contribution in [0.5, 0.6) is 0 Å². The molecule has 0 N–H and O–H groups in total. The molecule has 2 heterocycles. The average molecular weight is 551 g/mol. The molecule has 9 nitrogen and oxygen atoms in total. The zero-order chi connectivity index (χ0) is 28.8. The third-order valence-electron chi connectivity index (χ3n) is 8.42. The van der Waals surface area contributed by atoms with Gasteiger partial charge in [-0.05, 0) is 78.1 Å². The van der Waals surface area contributed by atoms with E-state index in [9.17, 15) is 24.0 Å². The summed E-state index contributed by atoms with van der Waals surface area (Å²) in [4.78, 5) is 64.9. The first kappa shape index (κ1) is 32.8. The number of likely N-dealkylation sites (tertiary alicyclic amines) is 2. The van der Waals surface area contributed by atoms with Gasteiger partial charge in [-0.1, -0.05) is 20.3 Å². The van der Waals surface area contributed by atoms with Crippen molar-refractivity contribution in [2.75, 3.05) is 26.3 Å². The van der Waals surface area contributed by atoms with E-state index in [1.165, 1.54) is 6.92 Å². The molecule has 9 heteroatoms. The van der Waals surface area contributed by atoms with Crippen LogP contribution in [0.25, 0.3) is 0 Å². The predicted molar refractivity (Wildman–Crippen MR) is 148 cm³/mol. The topological polar surface area (TPSA) is 110 Å². The van der Waals surface area contributed by atoms with Crippen molar-refractivity contribution in [2.45, 2.75) is 130 Å². The van der Waals surface area contributed by atoms with E-state index < -0.39 is 11.4 Å². The van der Waals surface area contributed by atoms with Crippen LogP contribution in [-0.4, -0.2) is 77.7 Å². The maximum absolute atomic E-state index is 13.0. The van der Waals surface area contributed by atoms with Gasteiger partial charge in [0.2, 0.25) is 11.8 Å². The number of rotatable bonds is 17. The van der Waals surface area contributed by atoms with Gasteiger partial charge in [-0.15, -0.1) is 0 Å². The van der Waals surface area contributed by atoms with Crippen LogP contribution >= 0.6 is 0 Å². The Morgan fingerprint density at radius 3 is 2.10 bits per heavy atom. The lowest BCUT2D eigenvalue weighted by atomic mass is 9.80. The van der Waals surface area contributed by atoms with Gasteiger partial charge in [-0.25, -0.2) is 0 Å². The molecule has 2 rings (SSSR count). The Morgan fingerprint density at radius 2 is 1.46 bits per heavy atom. The van der Waals surface area contributed by atoms with Crippen LogP contribution in [0.2, 0.25) is 0 Å². The number of esters is 2. The van der Waals surface area contributed by atoms with Gasteiger partial charge >= 0.3 is 11.9 Å². The minimum atomic E-state index is -0.718. The van der Waals surface area contributed by atoms with E-state index in [-0.39, 0.29) is 55.3 Å². The quantitative estimate of drug-likeness (QED) is 0.148. The lowest BCUT2D eigenvalue weighted by molar-refractivity contribution is -0.161. The Kier molecular flexibility index (Phi) is 14.0. The average Bonchev–Trinajstić information content (AvgIpc) is 3.21. The number of hydrogen-bond donors (Lipinski definition) is 0. The number of Topliss-reactive ketones (excluding diaryl/α,β-unsaturated/α-hetero) is 1. The van der Waals surface area contributed by atoms with E-state index in [1.807, 2.05) is 23.6 Å². The molecule has 2 aliphatic heterocycles. The van der Waals surface area contributed by atoms with Gasteiger partial charge in [0.25, 0.3) is 0 Å². The van der Waals surface area contributed by atoms with Gasteiger partial charge in [0.05, 0.1) is 5.41 Å². The Bertz CT molecular complexity index is 845. The summed E-state index contributed by atoms with van der Waals surface area (Å²) < 4.78 is 10.4. The van der Waals surface area contributed by atoms with Crippen molar-refractivity contribution >= 4 is 29.5 Å². The molecule has 0 aromatic heterocycles. The number of carbonyl (C=O) groups is 5. The fourth-order valence-electron chi connectivity index (χ4n) is 5.70. The largest absolute Gasteiger partial charge is 0.462 e. The first-order valence-electron chi connectivity index (χ1n) is 15.0. The summed E-state index contributed by atoms with van der Waals surface area (Å²) in [6, 6.07) is 0.300. The standard InChI is InChI=1S/C30H50N2O7/c1-5-24(31-19-11-15-27(31)35)12-10-13-25(32-18-9-7-8-14-26(32)34)16-17-30(4,6-2)29(37)39-21-20-38-28(36)22-23(3)33/h24-25H,5-22H2,1-4H3. The monoisotopic (exact) mass is 550 g/mol. The van der Waals surface area contributed by atoms with Gasteiger partial charge in [0.1, 0.15) is 25.4 Å². The van der Waals surface area contributed by atoms with Crippen LogP contribution in [-0.2, 0) is 33.4 Å². The van der Waals surface area contributed by atoms with E-state index in [4.69, 9.17) is 9.47 Å². The zero-order valence-electron chi connectivity index (χ0n) is 24.6. The van der Waals surface area contributed by atoms with Crippen molar-refractivity contribution < 1.29 is 33.4 Å². The van der Waals surface area contributed by atoms with E-state index in [1.54, 1.807) is 0 Å². The molecule has 2 fully saturated rings. The maximum Gasteiger partial charge on any atom is 0.313 e. The molecule has 0 saturated carbocycles. The fourth-order valence-corrected chi connectivity index (χ4v) is 5.70.